The maximum atomic E-state index is 12.9. The van der Waals surface area contributed by atoms with Crippen LogP contribution in [0.15, 0.2) is 12.4 Å². The van der Waals surface area contributed by atoms with Crippen molar-refractivity contribution < 1.29 is 8.78 Å². The number of imidazole rings is 1. The molecular weight excluding hydrogens is 164 g/mol. The number of halogens is 2. The van der Waals surface area contributed by atoms with Crippen LogP contribution < -0.4 is 5.73 Å². The Labute approximate surface area is 68.0 Å². The van der Waals surface area contributed by atoms with Crippen LogP contribution in [0.25, 0.3) is 0 Å². The minimum Gasteiger partial charge on any atom is -0.348 e. The number of aromatic amines is 1. The van der Waals surface area contributed by atoms with Gasteiger partial charge < -0.3 is 10.7 Å². The minimum absolute atomic E-state index is 0.0620. The van der Waals surface area contributed by atoms with Gasteiger partial charge in [0.05, 0.1) is 0 Å². The summed E-state index contributed by atoms with van der Waals surface area (Å²) in [6.07, 6.45) is 2.80. The number of aromatic nitrogens is 2. The molecule has 5 heteroatoms. The summed E-state index contributed by atoms with van der Waals surface area (Å²) >= 11 is 0. The maximum Gasteiger partial charge on any atom is 0.263 e. The van der Waals surface area contributed by atoms with Crippen molar-refractivity contribution in [1.29, 1.82) is 0 Å². The highest BCUT2D eigenvalue weighted by Gasteiger charge is 2.72. The molecule has 66 valence electrons. The molecule has 12 heavy (non-hydrogen) atoms. The predicted molar refractivity (Wildman–Crippen MR) is 38.9 cm³/mol. The fraction of sp³-hybridized carbons (Fsp3) is 0.571. The summed E-state index contributed by atoms with van der Waals surface area (Å²) in [4.78, 5) is 6.48. The normalized spacial score (nSPS) is 31.9. The van der Waals surface area contributed by atoms with Crippen molar-refractivity contribution in [2.24, 2.45) is 5.73 Å². The van der Waals surface area contributed by atoms with Crippen molar-refractivity contribution in [1.82, 2.24) is 9.97 Å². The largest absolute Gasteiger partial charge is 0.348 e. The Morgan fingerprint density at radius 2 is 2.33 bits per heavy atom. The van der Waals surface area contributed by atoms with E-state index < -0.39 is 11.3 Å². The van der Waals surface area contributed by atoms with Gasteiger partial charge in [-0.15, -0.1) is 0 Å². The zero-order valence-electron chi connectivity index (χ0n) is 6.35. The van der Waals surface area contributed by atoms with Gasteiger partial charge in [0, 0.05) is 25.4 Å². The predicted octanol–water partition coefficient (Wildman–Crippen LogP) is 0.645. The number of nitrogens with zero attached hydrogens (tertiary/aromatic N) is 1. The quantitative estimate of drug-likeness (QED) is 0.689. The second-order valence-electron chi connectivity index (χ2n) is 3.11. The fourth-order valence-corrected chi connectivity index (χ4v) is 1.44. The molecule has 0 radical (unpaired) electrons. The Morgan fingerprint density at radius 3 is 2.67 bits per heavy atom. The Kier molecular flexibility index (Phi) is 1.30. The number of hydrogen-bond acceptors (Lipinski definition) is 2. The van der Waals surface area contributed by atoms with Gasteiger partial charge in [0.1, 0.15) is 11.2 Å². The number of alkyl halides is 2. The van der Waals surface area contributed by atoms with E-state index in [1.807, 2.05) is 0 Å². The summed E-state index contributed by atoms with van der Waals surface area (Å²) < 4.78 is 25.8. The van der Waals surface area contributed by atoms with Gasteiger partial charge in [-0.25, -0.2) is 13.8 Å². The SMILES string of the molecule is NCC1(c2ncc[nH]2)CC1(F)F. The first-order valence-corrected chi connectivity index (χ1v) is 3.70. The van der Waals surface area contributed by atoms with Crippen molar-refractivity contribution in [3.63, 3.8) is 0 Å². The molecule has 2 rings (SSSR count). The van der Waals surface area contributed by atoms with Gasteiger partial charge in [-0.1, -0.05) is 0 Å². The minimum atomic E-state index is -2.68. The molecule has 3 nitrogen and oxygen atoms in total. The lowest BCUT2D eigenvalue weighted by Gasteiger charge is -2.09. The lowest BCUT2D eigenvalue weighted by atomic mass is 10.1. The van der Waals surface area contributed by atoms with Crippen LogP contribution in [-0.4, -0.2) is 22.4 Å². The molecule has 1 aliphatic carbocycles. The van der Waals surface area contributed by atoms with Gasteiger partial charge in [0.25, 0.3) is 5.92 Å². The van der Waals surface area contributed by atoms with Crippen LogP contribution in [0.5, 0.6) is 0 Å². The number of rotatable bonds is 2. The first kappa shape index (κ1) is 7.67. The molecule has 0 spiro atoms. The average Bonchev–Trinajstić information content (AvgIpc) is 2.52. The lowest BCUT2D eigenvalue weighted by Crippen LogP contribution is -2.27. The third-order valence-electron chi connectivity index (χ3n) is 2.40. The summed E-state index contributed by atoms with van der Waals surface area (Å²) in [5, 5.41) is 0. The van der Waals surface area contributed by atoms with E-state index in [0.29, 0.717) is 5.82 Å². The Morgan fingerprint density at radius 1 is 1.67 bits per heavy atom. The molecule has 1 aromatic heterocycles. The van der Waals surface area contributed by atoms with Crippen LogP contribution in [-0.2, 0) is 5.41 Å². The zero-order valence-corrected chi connectivity index (χ0v) is 6.35. The van der Waals surface area contributed by atoms with Crippen LogP contribution in [0.1, 0.15) is 12.2 Å². The van der Waals surface area contributed by atoms with Crippen molar-refractivity contribution in [2.45, 2.75) is 17.8 Å². The number of nitrogens with one attached hydrogen (secondary N) is 1. The number of nitrogens with two attached hydrogens (primary N) is 1. The van der Waals surface area contributed by atoms with Gasteiger partial charge in [-0.2, -0.15) is 0 Å². The third kappa shape index (κ3) is 0.741. The molecule has 0 bridgehead atoms. The van der Waals surface area contributed by atoms with Crippen molar-refractivity contribution in [3.05, 3.63) is 18.2 Å². The molecule has 1 aliphatic rings. The monoisotopic (exact) mass is 173 g/mol. The van der Waals surface area contributed by atoms with E-state index in [0.717, 1.165) is 0 Å². The Balaban J connectivity index is 2.34. The molecule has 1 unspecified atom stereocenters. The molecule has 0 amide bonds. The molecule has 0 saturated heterocycles. The average molecular weight is 173 g/mol. The van der Waals surface area contributed by atoms with E-state index in [1.54, 1.807) is 0 Å². The van der Waals surface area contributed by atoms with Crippen LogP contribution >= 0.6 is 0 Å². The molecule has 0 aromatic carbocycles. The van der Waals surface area contributed by atoms with E-state index in [2.05, 4.69) is 9.97 Å². The highest BCUT2D eigenvalue weighted by Crippen LogP contribution is 2.59. The molecule has 0 aliphatic heterocycles. The van der Waals surface area contributed by atoms with Gasteiger partial charge in [-0.3, -0.25) is 0 Å². The number of hydrogen-bond donors (Lipinski definition) is 2. The molecule has 1 aromatic rings. The Hall–Kier alpha value is -0.970. The van der Waals surface area contributed by atoms with E-state index >= 15 is 0 Å². The highest BCUT2D eigenvalue weighted by molar-refractivity contribution is 5.29. The molecule has 1 fully saturated rings. The summed E-state index contributed by atoms with van der Waals surface area (Å²) in [5.74, 6) is -2.38. The van der Waals surface area contributed by atoms with Crippen LogP contribution in [0, 0.1) is 0 Å². The summed E-state index contributed by atoms with van der Waals surface area (Å²) in [5.41, 5.74) is 4.08. The third-order valence-corrected chi connectivity index (χ3v) is 2.40. The van der Waals surface area contributed by atoms with Crippen molar-refractivity contribution in [3.8, 4) is 0 Å². The first-order valence-electron chi connectivity index (χ1n) is 3.70. The van der Waals surface area contributed by atoms with E-state index in [4.69, 9.17) is 5.73 Å². The second-order valence-corrected chi connectivity index (χ2v) is 3.11. The summed E-state index contributed by atoms with van der Waals surface area (Å²) in [6, 6.07) is 0. The van der Waals surface area contributed by atoms with Gasteiger partial charge in [0.15, 0.2) is 0 Å². The molecular formula is C7H9F2N3. The highest BCUT2D eigenvalue weighted by atomic mass is 19.3. The van der Waals surface area contributed by atoms with Crippen LogP contribution in [0.4, 0.5) is 8.78 Å². The standard InChI is InChI=1S/C7H9F2N3/c8-7(9)3-6(7,4-10)5-11-1-2-12-5/h1-2H,3-4,10H2,(H,11,12). The summed E-state index contributed by atoms with van der Waals surface area (Å²) in [7, 11) is 0. The van der Waals surface area contributed by atoms with Gasteiger partial charge >= 0.3 is 0 Å². The van der Waals surface area contributed by atoms with Crippen molar-refractivity contribution in [2.75, 3.05) is 6.54 Å². The van der Waals surface area contributed by atoms with Gasteiger partial charge in [0.2, 0.25) is 0 Å². The number of H-pyrrole nitrogens is 1. The van der Waals surface area contributed by atoms with Crippen molar-refractivity contribution >= 4 is 0 Å². The fourth-order valence-electron chi connectivity index (χ4n) is 1.44. The van der Waals surface area contributed by atoms with E-state index in [1.165, 1.54) is 12.4 Å². The first-order chi connectivity index (χ1) is 5.62. The van der Waals surface area contributed by atoms with Gasteiger partial charge in [-0.05, 0) is 0 Å². The second kappa shape index (κ2) is 2.04. The van der Waals surface area contributed by atoms with E-state index in [-0.39, 0.29) is 13.0 Å². The summed E-state index contributed by atoms with van der Waals surface area (Å²) in [6.45, 7) is -0.0620. The van der Waals surface area contributed by atoms with Crippen LogP contribution in [0.3, 0.4) is 0 Å². The topological polar surface area (TPSA) is 54.7 Å². The van der Waals surface area contributed by atoms with E-state index in [9.17, 15) is 8.78 Å². The smallest absolute Gasteiger partial charge is 0.263 e. The zero-order chi connectivity index (χ0) is 8.82. The molecule has 1 atom stereocenters. The maximum absolute atomic E-state index is 12.9. The van der Waals surface area contributed by atoms with Crippen LogP contribution in [0.2, 0.25) is 0 Å². The molecule has 1 saturated carbocycles. The Bertz CT molecular complexity index is 283. The molecule has 3 N–H and O–H groups in total. The lowest BCUT2D eigenvalue weighted by molar-refractivity contribution is 0.0877. The molecule has 1 heterocycles.